The van der Waals surface area contributed by atoms with E-state index in [-0.39, 0.29) is 0 Å². The molecule has 3 heteroatoms. The van der Waals surface area contributed by atoms with Crippen LogP contribution >= 0.6 is 11.3 Å². The van der Waals surface area contributed by atoms with Gasteiger partial charge in [-0.1, -0.05) is 20.8 Å². The number of rotatable bonds is 2. The van der Waals surface area contributed by atoms with E-state index in [0.717, 1.165) is 11.4 Å². The molecule has 1 aromatic carbocycles. The van der Waals surface area contributed by atoms with Crippen LogP contribution in [0.1, 0.15) is 33.6 Å². The Morgan fingerprint density at radius 2 is 2.17 bits per heavy atom. The molecule has 1 saturated carbocycles. The Balaban J connectivity index is 1.80. The smallest absolute Gasteiger partial charge is 0.0813 e. The summed E-state index contributed by atoms with van der Waals surface area (Å²) >= 11 is 1.71. The van der Waals surface area contributed by atoms with Crippen LogP contribution in [0.4, 0.5) is 5.69 Å². The zero-order valence-electron chi connectivity index (χ0n) is 11.2. The lowest BCUT2D eigenvalue weighted by molar-refractivity contribution is 0.366. The monoisotopic (exact) mass is 260 g/mol. The molecule has 18 heavy (non-hydrogen) atoms. The fourth-order valence-electron chi connectivity index (χ4n) is 3.25. The Morgan fingerprint density at radius 1 is 1.33 bits per heavy atom. The van der Waals surface area contributed by atoms with Crippen LogP contribution in [0.3, 0.4) is 0 Å². The number of anilines is 1. The van der Waals surface area contributed by atoms with Gasteiger partial charge in [0.2, 0.25) is 0 Å². The number of fused-ring (bicyclic) bond motifs is 1. The number of hydrogen-bond acceptors (Lipinski definition) is 3. The minimum absolute atomic E-state index is 0.478. The molecule has 2 aromatic rings. The maximum Gasteiger partial charge on any atom is 0.0813 e. The molecule has 3 rings (SSSR count). The topological polar surface area (TPSA) is 24.9 Å². The summed E-state index contributed by atoms with van der Waals surface area (Å²) < 4.78 is 1.27. The minimum Gasteiger partial charge on any atom is -0.382 e. The minimum atomic E-state index is 0.478. The SMILES string of the molecule is CC1CC(C)(C)CC1Nc1ccc2ncsc2c1. The van der Waals surface area contributed by atoms with Crippen molar-refractivity contribution in [2.24, 2.45) is 11.3 Å². The van der Waals surface area contributed by atoms with Gasteiger partial charge in [0.1, 0.15) is 0 Å². The predicted molar refractivity (Wildman–Crippen MR) is 79.2 cm³/mol. The molecule has 1 heterocycles. The summed E-state index contributed by atoms with van der Waals surface area (Å²) in [5.41, 5.74) is 4.73. The van der Waals surface area contributed by atoms with Crippen LogP contribution in [-0.2, 0) is 0 Å². The maximum atomic E-state index is 4.32. The first-order chi connectivity index (χ1) is 8.53. The summed E-state index contributed by atoms with van der Waals surface area (Å²) in [7, 11) is 0. The fourth-order valence-corrected chi connectivity index (χ4v) is 3.96. The third-order valence-corrected chi connectivity index (χ3v) is 4.81. The first-order valence-corrected chi connectivity index (χ1v) is 7.51. The second-order valence-electron chi connectivity index (χ2n) is 6.34. The van der Waals surface area contributed by atoms with E-state index in [1.54, 1.807) is 11.3 Å². The summed E-state index contributed by atoms with van der Waals surface area (Å²) in [4.78, 5) is 4.32. The van der Waals surface area contributed by atoms with Crippen molar-refractivity contribution < 1.29 is 0 Å². The first-order valence-electron chi connectivity index (χ1n) is 6.63. The summed E-state index contributed by atoms with van der Waals surface area (Å²) in [5, 5.41) is 3.71. The number of nitrogens with zero attached hydrogens (tertiary/aromatic N) is 1. The molecule has 1 aliphatic carbocycles. The van der Waals surface area contributed by atoms with Crippen molar-refractivity contribution in [3.63, 3.8) is 0 Å². The zero-order chi connectivity index (χ0) is 12.8. The second-order valence-corrected chi connectivity index (χ2v) is 7.22. The highest BCUT2D eigenvalue weighted by atomic mass is 32.1. The molecule has 0 spiro atoms. The van der Waals surface area contributed by atoms with Crippen molar-refractivity contribution in [3.05, 3.63) is 23.7 Å². The molecule has 0 amide bonds. The van der Waals surface area contributed by atoms with Gasteiger partial charge in [-0.15, -0.1) is 11.3 Å². The maximum absolute atomic E-state index is 4.32. The van der Waals surface area contributed by atoms with Gasteiger partial charge in [0.25, 0.3) is 0 Å². The Hall–Kier alpha value is -1.09. The third kappa shape index (κ3) is 2.24. The van der Waals surface area contributed by atoms with E-state index in [2.05, 4.69) is 49.3 Å². The van der Waals surface area contributed by atoms with Gasteiger partial charge < -0.3 is 5.32 Å². The quantitative estimate of drug-likeness (QED) is 0.858. The largest absolute Gasteiger partial charge is 0.382 e. The molecule has 96 valence electrons. The molecule has 1 aliphatic rings. The molecule has 0 saturated heterocycles. The van der Waals surface area contributed by atoms with Gasteiger partial charge in [-0.3, -0.25) is 0 Å². The van der Waals surface area contributed by atoms with Gasteiger partial charge in [0, 0.05) is 11.7 Å². The predicted octanol–water partition coefficient (Wildman–Crippen LogP) is 4.53. The summed E-state index contributed by atoms with van der Waals surface area (Å²) in [6, 6.07) is 7.09. The van der Waals surface area contributed by atoms with Crippen LogP contribution in [0.25, 0.3) is 10.2 Å². The van der Waals surface area contributed by atoms with E-state index in [0.29, 0.717) is 11.5 Å². The molecule has 1 aromatic heterocycles. The van der Waals surface area contributed by atoms with Gasteiger partial charge in [-0.25, -0.2) is 4.98 Å². The highest BCUT2D eigenvalue weighted by Gasteiger charge is 2.36. The van der Waals surface area contributed by atoms with Crippen molar-refractivity contribution in [2.45, 2.75) is 39.7 Å². The van der Waals surface area contributed by atoms with Crippen molar-refractivity contribution >= 4 is 27.2 Å². The van der Waals surface area contributed by atoms with Crippen molar-refractivity contribution in [1.29, 1.82) is 0 Å². The Kier molecular flexibility index (Phi) is 2.81. The van der Waals surface area contributed by atoms with Crippen molar-refractivity contribution in [1.82, 2.24) is 4.98 Å². The Morgan fingerprint density at radius 3 is 2.89 bits per heavy atom. The van der Waals surface area contributed by atoms with E-state index >= 15 is 0 Å². The van der Waals surface area contributed by atoms with Gasteiger partial charge in [0.05, 0.1) is 15.7 Å². The van der Waals surface area contributed by atoms with Crippen LogP contribution in [0, 0.1) is 11.3 Å². The highest BCUT2D eigenvalue weighted by Crippen LogP contribution is 2.42. The number of nitrogens with one attached hydrogen (secondary N) is 1. The van der Waals surface area contributed by atoms with Gasteiger partial charge in [-0.2, -0.15) is 0 Å². The van der Waals surface area contributed by atoms with Crippen LogP contribution in [0.2, 0.25) is 0 Å². The van der Waals surface area contributed by atoms with Crippen LogP contribution in [0.5, 0.6) is 0 Å². The standard InChI is InChI=1S/C15H20N2S/c1-10-7-15(2,3)8-13(10)17-11-4-5-12-14(6-11)18-9-16-12/h4-6,9-10,13,17H,7-8H2,1-3H3. The van der Waals surface area contributed by atoms with E-state index < -0.39 is 0 Å². The van der Waals surface area contributed by atoms with E-state index in [9.17, 15) is 0 Å². The third-order valence-electron chi connectivity index (χ3n) is 4.02. The van der Waals surface area contributed by atoms with Crippen molar-refractivity contribution in [3.8, 4) is 0 Å². The molecular weight excluding hydrogens is 240 g/mol. The molecule has 1 N–H and O–H groups in total. The van der Waals surface area contributed by atoms with Crippen LogP contribution in [-0.4, -0.2) is 11.0 Å². The molecule has 0 bridgehead atoms. The average Bonchev–Trinajstić information content (AvgIpc) is 2.83. The molecule has 1 fully saturated rings. The highest BCUT2D eigenvalue weighted by molar-refractivity contribution is 7.16. The summed E-state index contributed by atoms with van der Waals surface area (Å²) in [6.45, 7) is 7.10. The lowest BCUT2D eigenvalue weighted by Crippen LogP contribution is -2.22. The fraction of sp³-hybridized carbons (Fsp3) is 0.533. The normalized spacial score (nSPS) is 26.6. The number of thiazole rings is 1. The lowest BCUT2D eigenvalue weighted by atomic mass is 9.91. The number of aromatic nitrogens is 1. The van der Waals surface area contributed by atoms with Gasteiger partial charge >= 0.3 is 0 Å². The number of hydrogen-bond donors (Lipinski definition) is 1. The van der Waals surface area contributed by atoms with Crippen LogP contribution in [0.15, 0.2) is 23.7 Å². The van der Waals surface area contributed by atoms with Crippen molar-refractivity contribution in [2.75, 3.05) is 5.32 Å². The molecule has 2 atom stereocenters. The van der Waals surface area contributed by atoms with Gasteiger partial charge in [0.15, 0.2) is 0 Å². The number of benzene rings is 1. The van der Waals surface area contributed by atoms with Crippen LogP contribution < -0.4 is 5.32 Å². The molecule has 2 nitrogen and oxygen atoms in total. The zero-order valence-corrected chi connectivity index (χ0v) is 12.1. The summed E-state index contributed by atoms with van der Waals surface area (Å²) in [5.74, 6) is 0.747. The van der Waals surface area contributed by atoms with E-state index in [1.165, 1.54) is 23.2 Å². The van der Waals surface area contributed by atoms with E-state index in [4.69, 9.17) is 0 Å². The molecule has 2 unspecified atom stereocenters. The van der Waals surface area contributed by atoms with Gasteiger partial charge in [-0.05, 0) is 42.4 Å². The molecule has 0 aliphatic heterocycles. The molecular formula is C15H20N2S. The first kappa shape index (κ1) is 12.0. The lowest BCUT2D eigenvalue weighted by Gasteiger charge is -2.19. The average molecular weight is 260 g/mol. The Bertz CT molecular complexity index is 558. The Labute approximate surface area is 112 Å². The molecule has 0 radical (unpaired) electrons. The van der Waals surface area contributed by atoms with E-state index in [1.807, 2.05) is 5.51 Å². The summed E-state index contributed by atoms with van der Waals surface area (Å²) in [6.07, 6.45) is 2.57. The second kappa shape index (κ2) is 4.23.